The lowest BCUT2D eigenvalue weighted by Crippen LogP contribution is -2.54. The Morgan fingerprint density at radius 2 is 2.04 bits per heavy atom. The quantitative estimate of drug-likeness (QED) is 0.779. The minimum Gasteiger partial charge on any atom is -0.444 e. The van der Waals surface area contributed by atoms with E-state index in [0.717, 1.165) is 22.0 Å². The van der Waals surface area contributed by atoms with Crippen LogP contribution in [-0.2, 0) is 11.3 Å². The number of aromatic nitrogens is 1. The number of aromatic amines is 1. The van der Waals surface area contributed by atoms with Gasteiger partial charge in [-0.05, 0) is 56.8 Å². The Labute approximate surface area is 167 Å². The number of hydrogen-bond donors (Lipinski definition) is 1. The van der Waals surface area contributed by atoms with E-state index >= 15 is 0 Å². The highest BCUT2D eigenvalue weighted by atomic mass is 79.9. The van der Waals surface area contributed by atoms with Crippen molar-refractivity contribution in [2.24, 2.45) is 0 Å². The number of halogens is 1. The molecule has 0 bridgehead atoms. The number of benzene rings is 1. The molecule has 3 rings (SSSR count). The largest absolute Gasteiger partial charge is 0.444 e. The number of carbonyl (C=O) groups excluding carboxylic acids is 1. The lowest BCUT2D eigenvalue weighted by molar-refractivity contribution is 0.00465. The summed E-state index contributed by atoms with van der Waals surface area (Å²) < 4.78 is 6.44. The normalized spacial score (nSPS) is 18.7. The summed E-state index contributed by atoms with van der Waals surface area (Å²) in [6.07, 6.45) is 1.54. The number of fused-ring (bicyclic) bond motifs is 1. The predicted molar refractivity (Wildman–Crippen MR) is 110 cm³/mol. The lowest BCUT2D eigenvalue weighted by Gasteiger charge is -2.40. The van der Waals surface area contributed by atoms with E-state index in [2.05, 4.69) is 32.7 Å². The number of H-pyrrole nitrogens is 1. The van der Waals surface area contributed by atoms with Crippen LogP contribution in [0.4, 0.5) is 4.79 Å². The van der Waals surface area contributed by atoms with Crippen molar-refractivity contribution in [1.29, 1.82) is 0 Å². The van der Waals surface area contributed by atoms with Gasteiger partial charge in [-0.2, -0.15) is 0 Å². The Balaban J connectivity index is 1.74. The van der Waals surface area contributed by atoms with E-state index in [1.165, 1.54) is 0 Å². The molecule has 1 aromatic heterocycles. The highest BCUT2D eigenvalue weighted by molar-refractivity contribution is 9.10. The van der Waals surface area contributed by atoms with Crippen LogP contribution in [-0.4, -0.2) is 52.2 Å². The molecule has 0 unspecified atom stereocenters. The van der Waals surface area contributed by atoms with E-state index in [1.54, 1.807) is 11.1 Å². The van der Waals surface area contributed by atoms with E-state index in [9.17, 15) is 9.59 Å². The zero-order valence-electron chi connectivity index (χ0n) is 16.2. The molecule has 2 aromatic rings. The molecular formula is C20H26BrN3O3. The molecule has 146 valence electrons. The Hall–Kier alpha value is -1.86. The molecule has 7 heteroatoms. The fourth-order valence-electron chi connectivity index (χ4n) is 3.36. The molecule has 1 amide bonds. The van der Waals surface area contributed by atoms with E-state index in [1.807, 2.05) is 39.0 Å². The first kappa shape index (κ1) is 19.9. The summed E-state index contributed by atoms with van der Waals surface area (Å²) in [4.78, 5) is 31.3. The van der Waals surface area contributed by atoms with Gasteiger partial charge in [-0.15, -0.1) is 0 Å². The summed E-state index contributed by atoms with van der Waals surface area (Å²) in [6.45, 7) is 10.5. The first-order valence-electron chi connectivity index (χ1n) is 9.16. The molecular weight excluding hydrogens is 410 g/mol. The fraction of sp³-hybridized carbons (Fsp3) is 0.500. The molecule has 0 saturated carbocycles. The maximum Gasteiger partial charge on any atom is 0.410 e. The van der Waals surface area contributed by atoms with Crippen molar-refractivity contribution in [2.45, 2.75) is 45.9 Å². The summed E-state index contributed by atoms with van der Waals surface area (Å²) in [7, 11) is 0. The minimum atomic E-state index is -0.486. The van der Waals surface area contributed by atoms with Crippen LogP contribution in [0.25, 0.3) is 10.8 Å². The van der Waals surface area contributed by atoms with Crippen molar-refractivity contribution in [3.63, 3.8) is 0 Å². The molecule has 1 aliphatic heterocycles. The van der Waals surface area contributed by atoms with E-state index in [4.69, 9.17) is 4.74 Å². The van der Waals surface area contributed by atoms with Gasteiger partial charge < -0.3 is 14.6 Å². The van der Waals surface area contributed by atoms with Crippen LogP contribution >= 0.6 is 15.9 Å². The van der Waals surface area contributed by atoms with E-state index in [-0.39, 0.29) is 17.7 Å². The highest BCUT2D eigenvalue weighted by Crippen LogP contribution is 2.23. The number of amides is 1. The summed E-state index contributed by atoms with van der Waals surface area (Å²) in [6, 6.07) is 5.90. The third kappa shape index (κ3) is 4.71. The van der Waals surface area contributed by atoms with Crippen molar-refractivity contribution in [2.75, 3.05) is 19.6 Å². The molecule has 1 saturated heterocycles. The Morgan fingerprint density at radius 1 is 1.30 bits per heavy atom. The molecule has 27 heavy (non-hydrogen) atoms. The van der Waals surface area contributed by atoms with Crippen molar-refractivity contribution < 1.29 is 9.53 Å². The molecule has 0 spiro atoms. The number of pyridine rings is 1. The molecule has 1 N–H and O–H groups in total. The van der Waals surface area contributed by atoms with Crippen molar-refractivity contribution >= 4 is 32.8 Å². The van der Waals surface area contributed by atoms with Gasteiger partial charge in [0.15, 0.2) is 0 Å². The SMILES string of the molecule is C[C@@H]1CN(C(=O)OC(C)(C)C)CCN1Cc1c[nH]c(=O)c2ccc(Br)cc12. The maximum absolute atomic E-state index is 12.3. The van der Waals surface area contributed by atoms with Crippen LogP contribution in [0.2, 0.25) is 0 Å². The van der Waals surface area contributed by atoms with Gasteiger partial charge in [-0.1, -0.05) is 15.9 Å². The van der Waals surface area contributed by atoms with Gasteiger partial charge in [0.2, 0.25) is 0 Å². The second kappa shape index (κ2) is 7.64. The molecule has 1 fully saturated rings. The number of carbonyl (C=O) groups is 1. The van der Waals surface area contributed by atoms with E-state index < -0.39 is 5.60 Å². The van der Waals surface area contributed by atoms with Crippen LogP contribution in [0, 0.1) is 0 Å². The Morgan fingerprint density at radius 3 is 2.70 bits per heavy atom. The second-order valence-electron chi connectivity index (χ2n) is 8.08. The molecule has 0 radical (unpaired) electrons. The Bertz CT molecular complexity index is 903. The van der Waals surface area contributed by atoms with Gasteiger partial charge in [-0.3, -0.25) is 9.69 Å². The summed E-state index contributed by atoms with van der Waals surface area (Å²) >= 11 is 3.49. The van der Waals surface area contributed by atoms with Crippen LogP contribution in [0.5, 0.6) is 0 Å². The molecule has 2 heterocycles. The second-order valence-corrected chi connectivity index (χ2v) is 8.99. The number of nitrogens with one attached hydrogen (secondary N) is 1. The number of rotatable bonds is 2. The van der Waals surface area contributed by atoms with Gasteiger partial charge in [0.1, 0.15) is 5.60 Å². The zero-order chi connectivity index (χ0) is 19.8. The molecule has 1 aromatic carbocycles. The summed E-state index contributed by atoms with van der Waals surface area (Å²) in [5.41, 5.74) is 0.507. The minimum absolute atomic E-state index is 0.0796. The van der Waals surface area contributed by atoms with Crippen LogP contribution < -0.4 is 5.56 Å². The molecule has 0 aliphatic carbocycles. The lowest BCUT2D eigenvalue weighted by atomic mass is 10.1. The van der Waals surface area contributed by atoms with Gasteiger partial charge in [0, 0.05) is 48.3 Å². The van der Waals surface area contributed by atoms with Crippen molar-refractivity contribution in [3.8, 4) is 0 Å². The van der Waals surface area contributed by atoms with Crippen LogP contribution in [0.15, 0.2) is 33.7 Å². The average Bonchev–Trinajstić information content (AvgIpc) is 2.57. The van der Waals surface area contributed by atoms with Gasteiger partial charge in [0.05, 0.1) is 0 Å². The Kier molecular flexibility index (Phi) is 5.63. The average molecular weight is 436 g/mol. The number of nitrogens with zero attached hydrogens (tertiary/aromatic N) is 2. The maximum atomic E-state index is 12.3. The third-order valence-corrected chi connectivity index (χ3v) is 5.23. The zero-order valence-corrected chi connectivity index (χ0v) is 17.8. The van der Waals surface area contributed by atoms with Crippen molar-refractivity contribution in [1.82, 2.24) is 14.8 Å². The standard InChI is InChI=1S/C20H26BrN3O3/c1-13-11-24(19(26)27-20(2,3)4)8-7-23(13)12-14-10-22-18(25)16-6-5-15(21)9-17(14)16/h5-6,9-10,13H,7-8,11-12H2,1-4H3,(H,22,25)/t13-/m1/s1. The van der Waals surface area contributed by atoms with Crippen LogP contribution in [0.1, 0.15) is 33.3 Å². The monoisotopic (exact) mass is 435 g/mol. The third-order valence-electron chi connectivity index (χ3n) is 4.74. The molecule has 1 aliphatic rings. The number of piperazine rings is 1. The molecule has 1 atom stereocenters. The first-order valence-corrected chi connectivity index (χ1v) is 9.95. The summed E-state index contributed by atoms with van der Waals surface area (Å²) in [5.74, 6) is 0. The number of hydrogen-bond acceptors (Lipinski definition) is 4. The van der Waals surface area contributed by atoms with Crippen molar-refractivity contribution in [3.05, 3.63) is 44.8 Å². The van der Waals surface area contributed by atoms with E-state index in [0.29, 0.717) is 25.0 Å². The number of ether oxygens (including phenoxy) is 1. The fourth-order valence-corrected chi connectivity index (χ4v) is 3.72. The van der Waals surface area contributed by atoms with Gasteiger partial charge in [0.25, 0.3) is 5.56 Å². The molecule has 6 nitrogen and oxygen atoms in total. The topological polar surface area (TPSA) is 65.6 Å². The van der Waals surface area contributed by atoms with Gasteiger partial charge in [-0.25, -0.2) is 4.79 Å². The summed E-state index contributed by atoms with van der Waals surface area (Å²) in [5, 5.41) is 1.64. The smallest absolute Gasteiger partial charge is 0.410 e. The highest BCUT2D eigenvalue weighted by Gasteiger charge is 2.30. The predicted octanol–water partition coefficient (Wildman–Crippen LogP) is 3.73. The first-order chi connectivity index (χ1) is 12.6. The van der Waals surface area contributed by atoms with Gasteiger partial charge >= 0.3 is 6.09 Å². The van der Waals surface area contributed by atoms with Crippen LogP contribution in [0.3, 0.4) is 0 Å².